The molecule has 0 unspecified atom stereocenters. The monoisotopic (exact) mass is 212 g/mol. The van der Waals surface area contributed by atoms with Gasteiger partial charge in [-0.15, -0.1) is 0 Å². The van der Waals surface area contributed by atoms with Gasteiger partial charge in [-0.25, -0.2) is 0 Å². The van der Waals surface area contributed by atoms with Crippen molar-refractivity contribution in [3.05, 3.63) is 11.7 Å². The highest BCUT2D eigenvalue weighted by Gasteiger charge is 2.13. The predicted molar refractivity (Wildman–Crippen MR) is 49.8 cm³/mol. The van der Waals surface area contributed by atoms with Crippen LogP contribution >= 0.6 is 0 Å². The number of amides is 2. The molecule has 7 heteroatoms. The topological polar surface area (TPSA) is 97.1 Å². The number of hydrogen-bond donors (Lipinski definition) is 2. The molecule has 82 valence electrons. The van der Waals surface area contributed by atoms with E-state index in [0.717, 1.165) is 0 Å². The molecule has 0 atom stereocenters. The molecule has 2 amide bonds. The molecule has 0 saturated carbocycles. The molecule has 0 radical (unpaired) electrons. The van der Waals surface area contributed by atoms with Crippen LogP contribution in [0.1, 0.15) is 29.9 Å². The quantitative estimate of drug-likeness (QED) is 0.698. The number of aromatic nitrogens is 2. The Morgan fingerprint density at radius 1 is 1.47 bits per heavy atom. The third kappa shape index (κ3) is 3.04. The summed E-state index contributed by atoms with van der Waals surface area (Å²) < 4.78 is 4.66. The Labute approximate surface area is 86.2 Å². The smallest absolute Gasteiger partial charge is 0.315 e. The molecule has 1 rings (SSSR count). The Balaban J connectivity index is 2.53. The summed E-state index contributed by atoms with van der Waals surface area (Å²) in [5, 5.41) is 8.44. The van der Waals surface area contributed by atoms with Crippen LogP contribution in [0.2, 0.25) is 0 Å². The van der Waals surface area contributed by atoms with Crippen LogP contribution in [0.3, 0.4) is 0 Å². The van der Waals surface area contributed by atoms with E-state index in [9.17, 15) is 9.59 Å². The molecule has 1 aromatic heterocycles. The Bertz CT molecular complexity index is 361. The van der Waals surface area contributed by atoms with Gasteiger partial charge >= 0.3 is 11.8 Å². The fourth-order valence-electron chi connectivity index (χ4n) is 0.828. The molecule has 0 aliphatic heterocycles. The lowest BCUT2D eigenvalue weighted by Gasteiger charge is -1.96. The third-order valence-corrected chi connectivity index (χ3v) is 1.65. The first-order valence-electron chi connectivity index (χ1n) is 4.48. The number of nitrogens with zero attached hydrogens (tertiary/aromatic N) is 2. The minimum Gasteiger partial charge on any atom is -0.351 e. The average molecular weight is 212 g/mol. The summed E-state index contributed by atoms with van der Waals surface area (Å²) in [7, 11) is 1.46. The molecule has 7 nitrogen and oxygen atoms in total. The Hall–Kier alpha value is -1.92. The minimum absolute atomic E-state index is 0.110. The van der Waals surface area contributed by atoms with Crippen LogP contribution in [0.4, 0.5) is 0 Å². The van der Waals surface area contributed by atoms with Crippen molar-refractivity contribution in [2.45, 2.75) is 19.9 Å². The van der Waals surface area contributed by atoms with E-state index in [1.165, 1.54) is 7.05 Å². The van der Waals surface area contributed by atoms with Gasteiger partial charge < -0.3 is 15.2 Å². The van der Waals surface area contributed by atoms with Crippen LogP contribution in [-0.4, -0.2) is 29.0 Å². The maximum absolute atomic E-state index is 11.0. The zero-order valence-electron chi connectivity index (χ0n) is 8.53. The van der Waals surface area contributed by atoms with Crippen molar-refractivity contribution in [1.82, 2.24) is 20.8 Å². The van der Waals surface area contributed by atoms with Crippen molar-refractivity contribution in [2.75, 3.05) is 7.05 Å². The van der Waals surface area contributed by atoms with Crippen LogP contribution in [0, 0.1) is 0 Å². The molecule has 1 aromatic rings. The summed E-state index contributed by atoms with van der Waals surface area (Å²) in [6.07, 6.45) is 0.389. The highest BCUT2D eigenvalue weighted by molar-refractivity contribution is 5.89. The SMILES string of the molecule is CCC(=O)NCc1noc(C(=O)NC)n1. The van der Waals surface area contributed by atoms with Gasteiger partial charge in [-0.3, -0.25) is 9.59 Å². The summed E-state index contributed by atoms with van der Waals surface area (Å²) in [6, 6.07) is 0. The normalized spacial score (nSPS) is 9.73. The molecular formula is C8H12N4O3. The molecule has 1 heterocycles. The summed E-state index contributed by atoms with van der Waals surface area (Å²) >= 11 is 0. The fraction of sp³-hybridized carbons (Fsp3) is 0.500. The van der Waals surface area contributed by atoms with E-state index in [-0.39, 0.29) is 24.2 Å². The van der Waals surface area contributed by atoms with Crippen LogP contribution in [-0.2, 0) is 11.3 Å². The molecule has 0 aliphatic rings. The van der Waals surface area contributed by atoms with Crippen molar-refractivity contribution >= 4 is 11.8 Å². The maximum atomic E-state index is 11.0. The van der Waals surface area contributed by atoms with Crippen LogP contribution in [0.5, 0.6) is 0 Å². The largest absolute Gasteiger partial charge is 0.351 e. The minimum atomic E-state index is -0.449. The second-order valence-electron chi connectivity index (χ2n) is 2.73. The van der Waals surface area contributed by atoms with Crippen molar-refractivity contribution in [3.63, 3.8) is 0 Å². The number of hydrogen-bond acceptors (Lipinski definition) is 5. The second kappa shape index (κ2) is 5.08. The van der Waals surface area contributed by atoms with E-state index < -0.39 is 5.91 Å². The van der Waals surface area contributed by atoms with Crippen molar-refractivity contribution in [2.24, 2.45) is 0 Å². The molecule has 15 heavy (non-hydrogen) atoms. The lowest BCUT2D eigenvalue weighted by Crippen LogP contribution is -2.22. The van der Waals surface area contributed by atoms with Gasteiger partial charge in [0.15, 0.2) is 5.82 Å². The van der Waals surface area contributed by atoms with E-state index in [1.54, 1.807) is 6.92 Å². The molecule has 2 N–H and O–H groups in total. The molecule has 0 saturated heterocycles. The summed E-state index contributed by atoms with van der Waals surface area (Å²) in [6.45, 7) is 1.90. The fourth-order valence-corrected chi connectivity index (χ4v) is 0.828. The molecule has 0 bridgehead atoms. The van der Waals surface area contributed by atoms with Gasteiger partial charge in [0.25, 0.3) is 0 Å². The molecule has 0 aliphatic carbocycles. The van der Waals surface area contributed by atoms with E-state index in [4.69, 9.17) is 0 Å². The summed E-state index contributed by atoms with van der Waals surface area (Å²) in [5.41, 5.74) is 0. The molecule has 0 aromatic carbocycles. The van der Waals surface area contributed by atoms with Crippen molar-refractivity contribution < 1.29 is 14.1 Å². The molecular weight excluding hydrogens is 200 g/mol. The van der Waals surface area contributed by atoms with E-state index in [1.807, 2.05) is 0 Å². The van der Waals surface area contributed by atoms with Gasteiger partial charge in [0.2, 0.25) is 5.91 Å². The van der Waals surface area contributed by atoms with E-state index in [0.29, 0.717) is 6.42 Å². The first-order valence-corrected chi connectivity index (χ1v) is 4.48. The molecule has 0 spiro atoms. The number of rotatable bonds is 4. The van der Waals surface area contributed by atoms with Crippen molar-refractivity contribution in [3.8, 4) is 0 Å². The number of carbonyl (C=O) groups excluding carboxylic acids is 2. The number of nitrogens with one attached hydrogen (secondary N) is 2. The standard InChI is InChI=1S/C8H12N4O3/c1-3-6(13)10-4-5-11-8(15-12-5)7(14)9-2/h3-4H2,1-2H3,(H,9,14)(H,10,13). The van der Waals surface area contributed by atoms with E-state index >= 15 is 0 Å². The summed E-state index contributed by atoms with van der Waals surface area (Å²) in [5.74, 6) is -0.398. The molecule has 0 fully saturated rings. The Morgan fingerprint density at radius 2 is 2.20 bits per heavy atom. The van der Waals surface area contributed by atoms with Gasteiger partial charge in [0, 0.05) is 13.5 Å². The van der Waals surface area contributed by atoms with Gasteiger partial charge in [0.1, 0.15) is 0 Å². The van der Waals surface area contributed by atoms with Crippen LogP contribution < -0.4 is 10.6 Å². The van der Waals surface area contributed by atoms with Crippen molar-refractivity contribution in [1.29, 1.82) is 0 Å². The first-order chi connectivity index (χ1) is 7.17. The zero-order chi connectivity index (χ0) is 11.3. The highest BCUT2D eigenvalue weighted by Crippen LogP contribution is 1.96. The van der Waals surface area contributed by atoms with Gasteiger partial charge in [-0.1, -0.05) is 12.1 Å². The first kappa shape index (κ1) is 11.2. The Kier molecular flexibility index (Phi) is 3.78. The number of carbonyl (C=O) groups is 2. The van der Waals surface area contributed by atoms with E-state index in [2.05, 4.69) is 25.3 Å². The Morgan fingerprint density at radius 3 is 2.80 bits per heavy atom. The average Bonchev–Trinajstić information content (AvgIpc) is 2.73. The van der Waals surface area contributed by atoms with Crippen LogP contribution in [0.15, 0.2) is 4.52 Å². The third-order valence-electron chi connectivity index (χ3n) is 1.65. The lowest BCUT2D eigenvalue weighted by atomic mass is 10.4. The van der Waals surface area contributed by atoms with Gasteiger partial charge in [-0.05, 0) is 0 Å². The second-order valence-corrected chi connectivity index (χ2v) is 2.73. The van der Waals surface area contributed by atoms with Gasteiger partial charge in [0.05, 0.1) is 6.54 Å². The predicted octanol–water partition coefficient (Wildman–Crippen LogP) is -0.545. The highest BCUT2D eigenvalue weighted by atomic mass is 16.5. The lowest BCUT2D eigenvalue weighted by molar-refractivity contribution is -0.120. The zero-order valence-corrected chi connectivity index (χ0v) is 8.53. The maximum Gasteiger partial charge on any atom is 0.315 e. The van der Waals surface area contributed by atoms with Crippen LogP contribution in [0.25, 0.3) is 0 Å². The summed E-state index contributed by atoms with van der Waals surface area (Å²) in [4.78, 5) is 25.7. The van der Waals surface area contributed by atoms with Gasteiger partial charge in [-0.2, -0.15) is 4.98 Å².